The van der Waals surface area contributed by atoms with E-state index in [1.54, 1.807) is 35.7 Å². The maximum Gasteiger partial charge on any atom is 0.304 e. The molecule has 0 radical (unpaired) electrons. The quantitative estimate of drug-likeness (QED) is 0.170. The summed E-state index contributed by atoms with van der Waals surface area (Å²) in [5.74, 6) is -2.34. The van der Waals surface area contributed by atoms with Gasteiger partial charge in [-0.1, -0.05) is 17.7 Å². The average Bonchev–Trinajstić information content (AvgIpc) is 3.83. The van der Waals surface area contributed by atoms with E-state index >= 15 is 0 Å². The van der Waals surface area contributed by atoms with Crippen molar-refractivity contribution in [2.45, 2.75) is 88.2 Å². The van der Waals surface area contributed by atoms with E-state index in [-0.39, 0.29) is 24.0 Å². The van der Waals surface area contributed by atoms with E-state index in [9.17, 15) is 8.78 Å². The fourth-order valence-corrected chi connectivity index (χ4v) is 7.50. The van der Waals surface area contributed by atoms with Crippen molar-refractivity contribution in [3.05, 3.63) is 54.5 Å². The van der Waals surface area contributed by atoms with Gasteiger partial charge in [0.25, 0.3) is 5.88 Å². The molecule has 0 spiro atoms. The number of nitrogens with one attached hydrogen (secondary N) is 1. The summed E-state index contributed by atoms with van der Waals surface area (Å²) in [7, 11) is 1.23. The van der Waals surface area contributed by atoms with Crippen molar-refractivity contribution in [2.75, 3.05) is 38.9 Å². The maximum atomic E-state index is 14.4. The molecule has 5 heterocycles. The van der Waals surface area contributed by atoms with Crippen LogP contribution in [0.2, 0.25) is 5.02 Å². The zero-order chi connectivity index (χ0) is 34.7. The number of nitrogens with zero attached hydrogens (tertiary/aromatic N) is 8. The van der Waals surface area contributed by atoms with Crippen molar-refractivity contribution >= 4 is 23.2 Å². The molecular weight excluding hydrogens is 672 g/mol. The van der Waals surface area contributed by atoms with Gasteiger partial charge in [0, 0.05) is 43.2 Å². The average molecular weight is 714 g/mol. The molecule has 2 saturated heterocycles. The van der Waals surface area contributed by atoms with Crippen molar-refractivity contribution in [3.63, 3.8) is 0 Å². The van der Waals surface area contributed by atoms with Crippen LogP contribution in [0.25, 0.3) is 11.1 Å². The van der Waals surface area contributed by atoms with E-state index in [2.05, 4.69) is 40.1 Å². The zero-order valence-corrected chi connectivity index (χ0v) is 28.9. The van der Waals surface area contributed by atoms with Gasteiger partial charge in [-0.15, -0.1) is 5.10 Å². The second-order valence-electron chi connectivity index (χ2n) is 13.3. The van der Waals surface area contributed by atoms with Crippen molar-refractivity contribution in [2.24, 2.45) is 0 Å². The molecule has 2 aliphatic heterocycles. The topological polar surface area (TPSA) is 127 Å². The molecule has 50 heavy (non-hydrogen) atoms. The minimum atomic E-state index is -3.18. The molecule has 16 heteroatoms. The van der Waals surface area contributed by atoms with Crippen LogP contribution >= 0.6 is 11.6 Å². The lowest BCUT2D eigenvalue weighted by Crippen LogP contribution is -2.52. The highest BCUT2D eigenvalue weighted by molar-refractivity contribution is 6.32. The summed E-state index contributed by atoms with van der Waals surface area (Å²) >= 11 is 6.44. The number of rotatable bonds is 14. The third kappa shape index (κ3) is 8.01. The van der Waals surface area contributed by atoms with E-state index in [1.807, 2.05) is 23.7 Å². The number of fused-ring (bicyclic) bond motifs is 2. The van der Waals surface area contributed by atoms with Gasteiger partial charge in [-0.05, 0) is 63.1 Å². The number of aromatic nitrogens is 7. The van der Waals surface area contributed by atoms with Gasteiger partial charge in [0.1, 0.15) is 36.8 Å². The Morgan fingerprint density at radius 1 is 1.00 bits per heavy atom. The van der Waals surface area contributed by atoms with E-state index in [0.29, 0.717) is 41.1 Å². The molecule has 0 amide bonds. The summed E-state index contributed by atoms with van der Waals surface area (Å²) in [6.07, 6.45) is 14.4. The highest BCUT2D eigenvalue weighted by Crippen LogP contribution is 2.40. The van der Waals surface area contributed by atoms with Gasteiger partial charge >= 0.3 is 5.92 Å². The second kappa shape index (κ2) is 15.1. The molecule has 0 unspecified atom stereocenters. The summed E-state index contributed by atoms with van der Waals surface area (Å²) < 4.78 is 54.4. The van der Waals surface area contributed by atoms with Crippen molar-refractivity contribution < 1.29 is 27.7 Å². The second-order valence-corrected chi connectivity index (χ2v) is 13.8. The first-order chi connectivity index (χ1) is 24.2. The van der Waals surface area contributed by atoms with E-state index in [1.165, 1.54) is 26.3 Å². The summed E-state index contributed by atoms with van der Waals surface area (Å²) in [5.41, 5.74) is 1.95. The molecule has 3 aromatic heterocycles. The number of hydrogen-bond acceptors (Lipinski definition) is 11. The molecule has 1 aromatic carbocycles. The van der Waals surface area contributed by atoms with Crippen LogP contribution in [0, 0.1) is 0 Å². The molecule has 4 aromatic rings. The van der Waals surface area contributed by atoms with E-state index < -0.39 is 19.1 Å². The summed E-state index contributed by atoms with van der Waals surface area (Å²) in [4.78, 5) is 15.7. The maximum absolute atomic E-state index is 14.4. The fourth-order valence-electron chi connectivity index (χ4n) is 7.34. The number of ether oxygens (including phenoxy) is 4. The number of hydrogen-bond donors (Lipinski definition) is 1. The smallest absolute Gasteiger partial charge is 0.304 e. The molecule has 1 N–H and O–H groups in total. The lowest BCUT2D eigenvalue weighted by molar-refractivity contribution is -0.0917. The monoisotopic (exact) mass is 713 g/mol. The Bertz CT molecular complexity index is 1690. The van der Waals surface area contributed by atoms with Gasteiger partial charge in [-0.3, -0.25) is 9.58 Å². The summed E-state index contributed by atoms with van der Waals surface area (Å²) in [6, 6.07) is 7.14. The van der Waals surface area contributed by atoms with E-state index in [0.717, 1.165) is 50.0 Å². The van der Waals surface area contributed by atoms with Crippen LogP contribution in [-0.2, 0) is 16.0 Å². The highest BCUT2D eigenvalue weighted by atomic mass is 35.5. The van der Waals surface area contributed by atoms with Crippen LogP contribution in [0.5, 0.6) is 11.6 Å². The number of anilines is 2. The van der Waals surface area contributed by atoms with Crippen LogP contribution in [0.1, 0.15) is 51.5 Å². The predicted molar refractivity (Wildman–Crippen MR) is 181 cm³/mol. The van der Waals surface area contributed by atoms with Crippen LogP contribution in [0.15, 0.2) is 49.4 Å². The van der Waals surface area contributed by atoms with Gasteiger partial charge in [0.15, 0.2) is 6.61 Å². The van der Waals surface area contributed by atoms with Gasteiger partial charge in [0.05, 0.1) is 37.0 Å². The predicted octanol–water partition coefficient (Wildman–Crippen LogP) is 5.80. The Balaban J connectivity index is 1.04. The Labute approximate surface area is 294 Å². The third-order valence-electron chi connectivity index (χ3n) is 9.63. The van der Waals surface area contributed by atoms with Crippen molar-refractivity contribution in [3.8, 4) is 22.8 Å². The normalized spacial score (nSPS) is 23.1. The Hall–Kier alpha value is -3.92. The third-order valence-corrected chi connectivity index (χ3v) is 9.95. The minimum Gasteiger partial charge on any atom is -0.487 e. The largest absolute Gasteiger partial charge is 0.487 e. The lowest BCUT2D eigenvalue weighted by Gasteiger charge is -2.43. The SMILES string of the molecule is COCC(F)(F)COc1nn(C2CCC(N3[C@@H]4CC[C@H]3COC4)CC2)cc1Nc1ncc(-c2ccc(Cl)c(O[C@@H](C)Cn3cncn3)c2)cn1. The first-order valence-corrected chi connectivity index (χ1v) is 17.4. The molecule has 1 aliphatic carbocycles. The minimum absolute atomic E-state index is 0.0568. The molecule has 13 nitrogen and oxygen atoms in total. The molecular formula is C34H42ClF2N9O4. The number of alkyl halides is 2. The van der Waals surface area contributed by atoms with E-state index in [4.69, 9.17) is 25.8 Å². The van der Waals surface area contributed by atoms with Crippen LogP contribution < -0.4 is 14.8 Å². The lowest BCUT2D eigenvalue weighted by atomic mass is 9.89. The summed E-state index contributed by atoms with van der Waals surface area (Å²) in [6.45, 7) is 2.44. The molecule has 3 aliphatic rings. The van der Waals surface area contributed by atoms with Gasteiger partial charge in [-0.25, -0.2) is 28.4 Å². The first-order valence-electron chi connectivity index (χ1n) is 17.1. The number of methoxy groups -OCH3 is 1. The number of halogens is 3. The molecule has 2 bridgehead atoms. The van der Waals surface area contributed by atoms with Gasteiger partial charge < -0.3 is 24.3 Å². The zero-order valence-electron chi connectivity index (χ0n) is 28.1. The Morgan fingerprint density at radius 3 is 2.42 bits per heavy atom. The molecule has 1 saturated carbocycles. The van der Waals surface area contributed by atoms with Gasteiger partial charge in [-0.2, -0.15) is 5.10 Å². The van der Waals surface area contributed by atoms with Crippen LogP contribution in [0.4, 0.5) is 20.4 Å². The Kier molecular flexibility index (Phi) is 10.4. The van der Waals surface area contributed by atoms with Crippen molar-refractivity contribution in [1.82, 2.24) is 39.4 Å². The Morgan fingerprint density at radius 2 is 1.72 bits per heavy atom. The van der Waals surface area contributed by atoms with Gasteiger partial charge in [0.2, 0.25) is 5.95 Å². The molecule has 268 valence electrons. The summed E-state index contributed by atoms with van der Waals surface area (Å²) in [5, 5.41) is 12.4. The fraction of sp³-hybridized carbons (Fsp3) is 0.559. The number of morpholine rings is 1. The highest BCUT2D eigenvalue weighted by Gasteiger charge is 2.42. The molecule has 3 fully saturated rings. The first kappa shape index (κ1) is 34.5. The van der Waals surface area contributed by atoms with Crippen molar-refractivity contribution in [1.29, 1.82) is 0 Å². The van der Waals surface area contributed by atoms with Crippen LogP contribution in [-0.4, -0.2) is 103 Å². The molecule has 7 rings (SSSR count). The standard InChI is InChI=1S/C34H42ClF2N9O4/c1-22(14-44-21-38-20-41-44)50-31-11-23(3-10-29(31)35)24-12-39-33(40-13-24)42-30-15-45(43-32(30)49-19-34(36,37)18-47-2)25-4-6-26(7-5-25)46-27-8-9-28(46)17-48-16-27/h3,10-13,15,20-22,25-28H,4-9,14,16-19H2,1-2H3,(H,39,40,42)/t22-,25?,26?,27-,28+/m0/s1. The number of benzene rings is 1. The van der Waals surface area contributed by atoms with Crippen LogP contribution in [0.3, 0.4) is 0 Å². The molecule has 3 atom stereocenters.